The summed E-state index contributed by atoms with van der Waals surface area (Å²) in [5, 5.41) is 12.1. The summed E-state index contributed by atoms with van der Waals surface area (Å²) in [5.74, 6) is -1.21. The number of hydrogen-bond acceptors (Lipinski definition) is 3. The molecule has 1 heterocycles. The van der Waals surface area contributed by atoms with Crippen molar-refractivity contribution in [3.63, 3.8) is 0 Å². The summed E-state index contributed by atoms with van der Waals surface area (Å²) in [7, 11) is 0. The molecular formula is C14H18N2O3. The van der Waals surface area contributed by atoms with E-state index in [0.717, 1.165) is 25.1 Å². The van der Waals surface area contributed by atoms with Gasteiger partial charge in [0.1, 0.15) is 6.54 Å². The molecule has 5 heteroatoms. The molecule has 0 unspecified atom stereocenters. The molecule has 0 atom stereocenters. The lowest BCUT2D eigenvalue weighted by Gasteiger charge is -2.21. The number of carbonyl (C=O) groups is 2. The van der Waals surface area contributed by atoms with Crippen molar-refractivity contribution in [2.75, 3.05) is 19.6 Å². The van der Waals surface area contributed by atoms with Crippen LogP contribution in [0.3, 0.4) is 0 Å². The molecule has 0 aromatic heterocycles. The topological polar surface area (TPSA) is 69.6 Å². The van der Waals surface area contributed by atoms with Gasteiger partial charge < -0.3 is 15.3 Å². The van der Waals surface area contributed by atoms with Crippen molar-refractivity contribution in [2.45, 2.75) is 19.9 Å². The van der Waals surface area contributed by atoms with Gasteiger partial charge in [-0.2, -0.15) is 0 Å². The van der Waals surface area contributed by atoms with Crippen molar-refractivity contribution in [1.29, 1.82) is 0 Å². The molecule has 1 aromatic carbocycles. The van der Waals surface area contributed by atoms with Gasteiger partial charge >= 0.3 is 5.97 Å². The number of carboxylic acids is 1. The first-order valence-corrected chi connectivity index (χ1v) is 6.45. The second kappa shape index (κ2) is 5.84. The SMILES string of the molecule is CCN(CC(=O)O)C(=O)c1ccc2c(c1)CNCC2. The monoisotopic (exact) mass is 262 g/mol. The van der Waals surface area contributed by atoms with E-state index in [4.69, 9.17) is 5.11 Å². The van der Waals surface area contributed by atoms with Crippen LogP contribution in [-0.4, -0.2) is 41.5 Å². The normalized spacial score (nSPS) is 13.7. The molecule has 0 spiro atoms. The minimum absolute atomic E-state index is 0.224. The van der Waals surface area contributed by atoms with Crippen molar-refractivity contribution in [3.05, 3.63) is 34.9 Å². The predicted octanol–water partition coefficient (Wildman–Crippen LogP) is 0.879. The molecule has 0 saturated heterocycles. The van der Waals surface area contributed by atoms with Crippen LogP contribution in [0.25, 0.3) is 0 Å². The third-order valence-corrected chi connectivity index (χ3v) is 3.33. The largest absolute Gasteiger partial charge is 0.480 e. The Morgan fingerprint density at radius 3 is 2.84 bits per heavy atom. The zero-order chi connectivity index (χ0) is 13.8. The second-order valence-corrected chi connectivity index (χ2v) is 4.62. The number of rotatable bonds is 4. The first kappa shape index (κ1) is 13.5. The van der Waals surface area contributed by atoms with Gasteiger partial charge in [-0.15, -0.1) is 0 Å². The summed E-state index contributed by atoms with van der Waals surface area (Å²) in [4.78, 5) is 24.3. The quantitative estimate of drug-likeness (QED) is 0.845. The average molecular weight is 262 g/mol. The molecule has 0 radical (unpaired) electrons. The summed E-state index contributed by atoms with van der Waals surface area (Å²) in [5.41, 5.74) is 2.95. The minimum Gasteiger partial charge on any atom is -0.480 e. The van der Waals surface area contributed by atoms with E-state index in [2.05, 4.69) is 5.32 Å². The Hall–Kier alpha value is -1.88. The number of nitrogens with zero attached hydrogens (tertiary/aromatic N) is 1. The van der Waals surface area contributed by atoms with Crippen LogP contribution < -0.4 is 5.32 Å². The zero-order valence-corrected chi connectivity index (χ0v) is 11.0. The average Bonchev–Trinajstić information content (AvgIpc) is 2.43. The van der Waals surface area contributed by atoms with Gasteiger partial charge in [0.05, 0.1) is 0 Å². The van der Waals surface area contributed by atoms with Gasteiger partial charge in [0.25, 0.3) is 5.91 Å². The number of nitrogens with one attached hydrogen (secondary N) is 1. The Balaban J connectivity index is 2.20. The molecule has 102 valence electrons. The maximum absolute atomic E-state index is 12.2. The molecule has 1 amide bonds. The van der Waals surface area contributed by atoms with Crippen LogP contribution in [0.2, 0.25) is 0 Å². The summed E-state index contributed by atoms with van der Waals surface area (Å²) in [6.45, 7) is 3.63. The molecule has 0 aliphatic carbocycles. The highest BCUT2D eigenvalue weighted by Gasteiger charge is 2.18. The Bertz CT molecular complexity index is 499. The van der Waals surface area contributed by atoms with Crippen LogP contribution in [-0.2, 0) is 17.8 Å². The van der Waals surface area contributed by atoms with Crippen LogP contribution >= 0.6 is 0 Å². The van der Waals surface area contributed by atoms with Gasteiger partial charge in [-0.3, -0.25) is 9.59 Å². The van der Waals surface area contributed by atoms with Crippen LogP contribution in [0, 0.1) is 0 Å². The Labute approximate surface area is 112 Å². The summed E-state index contributed by atoms with van der Waals surface area (Å²) in [6, 6.07) is 5.63. The van der Waals surface area contributed by atoms with Gasteiger partial charge in [-0.25, -0.2) is 0 Å². The number of hydrogen-bond donors (Lipinski definition) is 2. The van der Waals surface area contributed by atoms with E-state index in [1.807, 2.05) is 12.1 Å². The number of carbonyl (C=O) groups excluding carboxylic acids is 1. The van der Waals surface area contributed by atoms with Crippen molar-refractivity contribution >= 4 is 11.9 Å². The van der Waals surface area contributed by atoms with Crippen LogP contribution in [0.4, 0.5) is 0 Å². The highest BCUT2D eigenvalue weighted by molar-refractivity contribution is 5.96. The fourth-order valence-corrected chi connectivity index (χ4v) is 2.29. The van der Waals surface area contributed by atoms with Gasteiger partial charge in [0.15, 0.2) is 0 Å². The van der Waals surface area contributed by atoms with Crippen molar-refractivity contribution in [1.82, 2.24) is 10.2 Å². The molecule has 1 aliphatic rings. The van der Waals surface area contributed by atoms with Crippen molar-refractivity contribution < 1.29 is 14.7 Å². The molecule has 0 saturated carbocycles. The van der Waals surface area contributed by atoms with Crippen molar-refractivity contribution in [3.8, 4) is 0 Å². The molecule has 19 heavy (non-hydrogen) atoms. The van der Waals surface area contributed by atoms with E-state index in [0.29, 0.717) is 12.1 Å². The van der Waals surface area contributed by atoms with E-state index in [1.165, 1.54) is 10.5 Å². The number of benzene rings is 1. The second-order valence-electron chi connectivity index (χ2n) is 4.62. The van der Waals surface area contributed by atoms with Gasteiger partial charge in [-0.1, -0.05) is 6.07 Å². The zero-order valence-electron chi connectivity index (χ0n) is 11.0. The van der Waals surface area contributed by atoms with Crippen molar-refractivity contribution in [2.24, 2.45) is 0 Å². The Morgan fingerprint density at radius 1 is 1.37 bits per heavy atom. The molecule has 0 fully saturated rings. The fraction of sp³-hybridized carbons (Fsp3) is 0.429. The van der Waals surface area contributed by atoms with E-state index >= 15 is 0 Å². The Morgan fingerprint density at radius 2 is 2.16 bits per heavy atom. The van der Waals surface area contributed by atoms with Gasteiger partial charge in [0.2, 0.25) is 0 Å². The number of fused-ring (bicyclic) bond motifs is 1. The third-order valence-electron chi connectivity index (χ3n) is 3.33. The Kier molecular flexibility index (Phi) is 4.16. The maximum atomic E-state index is 12.2. The molecule has 2 rings (SSSR count). The van der Waals surface area contributed by atoms with E-state index in [1.54, 1.807) is 13.0 Å². The van der Waals surface area contributed by atoms with Gasteiger partial charge in [-0.05, 0) is 43.1 Å². The third kappa shape index (κ3) is 3.12. The fourth-order valence-electron chi connectivity index (χ4n) is 2.29. The first-order chi connectivity index (χ1) is 9.11. The lowest BCUT2D eigenvalue weighted by atomic mass is 9.98. The van der Waals surface area contributed by atoms with E-state index in [9.17, 15) is 9.59 Å². The first-order valence-electron chi connectivity index (χ1n) is 6.45. The number of aliphatic carboxylic acids is 1. The highest BCUT2D eigenvalue weighted by Crippen LogP contribution is 2.17. The van der Waals surface area contributed by atoms with E-state index in [-0.39, 0.29) is 12.5 Å². The van der Waals surface area contributed by atoms with Crippen LogP contribution in [0.1, 0.15) is 28.4 Å². The molecule has 2 N–H and O–H groups in total. The lowest BCUT2D eigenvalue weighted by Crippen LogP contribution is -2.35. The molecular weight excluding hydrogens is 244 g/mol. The number of amides is 1. The summed E-state index contributed by atoms with van der Waals surface area (Å²) < 4.78 is 0. The maximum Gasteiger partial charge on any atom is 0.323 e. The van der Waals surface area contributed by atoms with E-state index < -0.39 is 5.97 Å². The standard InChI is InChI=1S/C14H18N2O3/c1-2-16(9-13(17)18)14(19)11-4-3-10-5-6-15-8-12(10)7-11/h3-4,7,15H,2,5-6,8-9H2,1H3,(H,17,18). The molecule has 5 nitrogen and oxygen atoms in total. The van der Waals surface area contributed by atoms with Gasteiger partial charge in [0, 0.05) is 18.7 Å². The molecule has 1 aromatic rings. The predicted molar refractivity (Wildman–Crippen MR) is 71.1 cm³/mol. The molecule has 0 bridgehead atoms. The lowest BCUT2D eigenvalue weighted by molar-refractivity contribution is -0.137. The van der Waals surface area contributed by atoms with Crippen LogP contribution in [0.5, 0.6) is 0 Å². The summed E-state index contributed by atoms with van der Waals surface area (Å²) >= 11 is 0. The number of carboxylic acid groups (broad SMARTS) is 1. The number of likely N-dealkylation sites (N-methyl/N-ethyl adjacent to an activating group) is 1. The molecule has 1 aliphatic heterocycles. The summed E-state index contributed by atoms with van der Waals surface area (Å²) in [6.07, 6.45) is 0.969. The minimum atomic E-state index is -0.991. The highest BCUT2D eigenvalue weighted by atomic mass is 16.4. The van der Waals surface area contributed by atoms with Crippen LogP contribution in [0.15, 0.2) is 18.2 Å². The smallest absolute Gasteiger partial charge is 0.323 e.